The molecule has 2 N–H and O–H groups in total. The Morgan fingerprint density at radius 3 is 2.44 bits per heavy atom. The molecule has 1 atom stereocenters. The van der Waals surface area contributed by atoms with Crippen molar-refractivity contribution in [3.8, 4) is 0 Å². The summed E-state index contributed by atoms with van der Waals surface area (Å²) in [6.07, 6.45) is 2.23. The normalized spacial score (nSPS) is 12.2. The van der Waals surface area contributed by atoms with Crippen LogP contribution in [0.15, 0.2) is 24.3 Å². The molecule has 88 valence electrons. The first-order valence-electron chi connectivity index (χ1n) is 5.74. The smallest absolute Gasteiger partial charge is 0.241 e. The fraction of sp³-hybridized carbons (Fsp3) is 0.462. The Kier molecular flexibility index (Phi) is 4.99. The molecule has 1 aromatic carbocycles. The Morgan fingerprint density at radius 2 is 1.94 bits per heavy atom. The van der Waals surface area contributed by atoms with Gasteiger partial charge in [-0.15, -0.1) is 0 Å². The third kappa shape index (κ3) is 3.66. The van der Waals surface area contributed by atoms with Crippen LogP contribution >= 0.6 is 0 Å². The van der Waals surface area contributed by atoms with E-state index in [0.29, 0.717) is 0 Å². The highest BCUT2D eigenvalue weighted by atomic mass is 16.2. The lowest BCUT2D eigenvalue weighted by molar-refractivity contribution is -0.117. The molecule has 0 radical (unpaired) electrons. The maximum Gasteiger partial charge on any atom is 0.241 e. The molecule has 1 aromatic rings. The zero-order valence-electron chi connectivity index (χ0n) is 10.2. The van der Waals surface area contributed by atoms with E-state index in [4.69, 9.17) is 0 Å². The topological polar surface area (TPSA) is 41.1 Å². The van der Waals surface area contributed by atoms with Gasteiger partial charge in [0.05, 0.1) is 6.04 Å². The molecule has 0 aromatic heterocycles. The van der Waals surface area contributed by atoms with Crippen LogP contribution in [0.4, 0.5) is 5.69 Å². The minimum atomic E-state index is -0.171. The van der Waals surface area contributed by atoms with Crippen LogP contribution in [0, 0.1) is 0 Å². The first-order valence-corrected chi connectivity index (χ1v) is 5.74. The molecule has 0 aliphatic heterocycles. The summed E-state index contributed by atoms with van der Waals surface area (Å²) in [6, 6.07) is 7.85. The molecule has 0 bridgehead atoms. The van der Waals surface area contributed by atoms with Crippen LogP contribution in [0.1, 0.15) is 25.8 Å². The predicted octanol–water partition coefficient (Wildman–Crippen LogP) is 2.19. The second kappa shape index (κ2) is 6.28. The number of hydrogen-bond acceptors (Lipinski definition) is 2. The molecular formula is C13H20N2O. The molecule has 0 spiro atoms. The van der Waals surface area contributed by atoms with Gasteiger partial charge in [0.1, 0.15) is 0 Å². The van der Waals surface area contributed by atoms with Crippen molar-refractivity contribution in [1.29, 1.82) is 0 Å². The van der Waals surface area contributed by atoms with E-state index in [1.165, 1.54) is 5.56 Å². The fourth-order valence-corrected chi connectivity index (χ4v) is 1.43. The van der Waals surface area contributed by atoms with Crippen LogP contribution in [0.5, 0.6) is 0 Å². The number of hydrogen-bond donors (Lipinski definition) is 2. The zero-order chi connectivity index (χ0) is 12.0. The van der Waals surface area contributed by atoms with Gasteiger partial charge in [-0.05, 0) is 38.1 Å². The number of likely N-dealkylation sites (N-methyl/N-ethyl adjacent to an activating group) is 1. The molecule has 1 unspecified atom stereocenters. The summed E-state index contributed by atoms with van der Waals surface area (Å²) in [5.74, 6) is -0.00857. The average Bonchev–Trinajstić information content (AvgIpc) is 2.31. The number of carbonyl (C=O) groups excluding carboxylic acids is 1. The SMILES string of the molecule is CCCc1ccc(NC(=O)C(C)NC)cc1. The Labute approximate surface area is 97.2 Å². The number of benzene rings is 1. The van der Waals surface area contributed by atoms with Gasteiger partial charge in [0, 0.05) is 5.69 Å². The van der Waals surface area contributed by atoms with Crippen molar-refractivity contribution in [2.45, 2.75) is 32.7 Å². The summed E-state index contributed by atoms with van der Waals surface area (Å²) >= 11 is 0. The summed E-state index contributed by atoms with van der Waals surface area (Å²) in [7, 11) is 1.77. The molecule has 0 fully saturated rings. The van der Waals surface area contributed by atoms with E-state index >= 15 is 0 Å². The van der Waals surface area contributed by atoms with E-state index in [-0.39, 0.29) is 11.9 Å². The molecule has 0 heterocycles. The van der Waals surface area contributed by atoms with E-state index in [1.807, 2.05) is 19.1 Å². The maximum atomic E-state index is 11.6. The van der Waals surface area contributed by atoms with Crippen molar-refractivity contribution >= 4 is 11.6 Å². The monoisotopic (exact) mass is 220 g/mol. The number of amides is 1. The molecule has 1 amide bonds. The summed E-state index contributed by atoms with van der Waals surface area (Å²) in [4.78, 5) is 11.6. The first-order chi connectivity index (χ1) is 7.67. The van der Waals surface area contributed by atoms with Gasteiger partial charge in [-0.1, -0.05) is 25.5 Å². The lowest BCUT2D eigenvalue weighted by atomic mass is 10.1. The van der Waals surface area contributed by atoms with Crippen LogP contribution < -0.4 is 10.6 Å². The van der Waals surface area contributed by atoms with Crippen LogP contribution in [0.25, 0.3) is 0 Å². The molecule has 1 rings (SSSR count). The quantitative estimate of drug-likeness (QED) is 0.798. The summed E-state index contributed by atoms with van der Waals surface area (Å²) < 4.78 is 0. The van der Waals surface area contributed by atoms with Crippen molar-refractivity contribution in [1.82, 2.24) is 5.32 Å². The molecular weight excluding hydrogens is 200 g/mol. The minimum absolute atomic E-state index is 0.00857. The highest BCUT2D eigenvalue weighted by Gasteiger charge is 2.09. The fourth-order valence-electron chi connectivity index (χ4n) is 1.43. The Hall–Kier alpha value is -1.35. The van der Waals surface area contributed by atoms with Crippen LogP contribution in [-0.2, 0) is 11.2 Å². The zero-order valence-corrected chi connectivity index (χ0v) is 10.2. The van der Waals surface area contributed by atoms with Crippen molar-refractivity contribution in [3.63, 3.8) is 0 Å². The Morgan fingerprint density at radius 1 is 1.31 bits per heavy atom. The second-order valence-electron chi connectivity index (χ2n) is 3.95. The third-order valence-electron chi connectivity index (χ3n) is 2.59. The molecule has 0 saturated carbocycles. The highest BCUT2D eigenvalue weighted by Crippen LogP contribution is 2.11. The van der Waals surface area contributed by atoms with Gasteiger partial charge in [0.25, 0.3) is 0 Å². The predicted molar refractivity (Wildman–Crippen MR) is 67.6 cm³/mol. The van der Waals surface area contributed by atoms with Gasteiger partial charge < -0.3 is 10.6 Å². The van der Waals surface area contributed by atoms with Gasteiger partial charge in [0.2, 0.25) is 5.91 Å². The van der Waals surface area contributed by atoms with Crippen molar-refractivity contribution in [2.24, 2.45) is 0 Å². The molecule has 3 heteroatoms. The minimum Gasteiger partial charge on any atom is -0.325 e. The molecule has 0 aliphatic carbocycles. The van der Waals surface area contributed by atoms with E-state index in [9.17, 15) is 4.79 Å². The van der Waals surface area contributed by atoms with Crippen LogP contribution in [0.3, 0.4) is 0 Å². The molecule has 0 saturated heterocycles. The first kappa shape index (κ1) is 12.7. The largest absolute Gasteiger partial charge is 0.325 e. The Balaban J connectivity index is 2.58. The number of nitrogens with one attached hydrogen (secondary N) is 2. The lowest BCUT2D eigenvalue weighted by Gasteiger charge is -2.11. The number of carbonyl (C=O) groups is 1. The highest BCUT2D eigenvalue weighted by molar-refractivity contribution is 5.94. The lowest BCUT2D eigenvalue weighted by Crippen LogP contribution is -2.35. The summed E-state index contributed by atoms with van der Waals surface area (Å²) in [6.45, 7) is 3.99. The van der Waals surface area contributed by atoms with Crippen molar-refractivity contribution in [2.75, 3.05) is 12.4 Å². The summed E-state index contributed by atoms with van der Waals surface area (Å²) in [5, 5.41) is 5.77. The number of anilines is 1. The van der Waals surface area contributed by atoms with Crippen LogP contribution in [0.2, 0.25) is 0 Å². The van der Waals surface area contributed by atoms with E-state index in [2.05, 4.69) is 29.7 Å². The van der Waals surface area contributed by atoms with E-state index in [0.717, 1.165) is 18.5 Å². The van der Waals surface area contributed by atoms with Gasteiger partial charge >= 0.3 is 0 Å². The summed E-state index contributed by atoms with van der Waals surface area (Å²) in [5.41, 5.74) is 2.16. The van der Waals surface area contributed by atoms with Crippen molar-refractivity contribution < 1.29 is 4.79 Å². The van der Waals surface area contributed by atoms with Gasteiger partial charge in [-0.2, -0.15) is 0 Å². The third-order valence-corrected chi connectivity index (χ3v) is 2.59. The van der Waals surface area contributed by atoms with Gasteiger partial charge in [0.15, 0.2) is 0 Å². The number of aryl methyl sites for hydroxylation is 1. The van der Waals surface area contributed by atoms with Gasteiger partial charge in [-0.25, -0.2) is 0 Å². The Bertz CT molecular complexity index is 332. The molecule has 0 aliphatic rings. The molecule has 3 nitrogen and oxygen atoms in total. The van der Waals surface area contributed by atoms with Crippen LogP contribution in [-0.4, -0.2) is 19.0 Å². The van der Waals surface area contributed by atoms with Gasteiger partial charge in [-0.3, -0.25) is 4.79 Å². The standard InChI is InChI=1S/C13H20N2O/c1-4-5-11-6-8-12(9-7-11)15-13(16)10(2)14-3/h6-10,14H,4-5H2,1-3H3,(H,15,16). The number of rotatable bonds is 5. The average molecular weight is 220 g/mol. The van der Waals surface area contributed by atoms with E-state index in [1.54, 1.807) is 7.05 Å². The van der Waals surface area contributed by atoms with Crippen molar-refractivity contribution in [3.05, 3.63) is 29.8 Å². The molecule has 16 heavy (non-hydrogen) atoms. The second-order valence-corrected chi connectivity index (χ2v) is 3.95. The van der Waals surface area contributed by atoms with E-state index < -0.39 is 0 Å². The maximum absolute atomic E-state index is 11.6.